The normalized spacial score (nSPS) is 10.1. The number of nitrogens with zero attached hydrogens (tertiary/aromatic N) is 3. The number of rotatable bonds is 2. The van der Waals surface area contributed by atoms with Gasteiger partial charge in [0.05, 0.1) is 12.0 Å². The van der Waals surface area contributed by atoms with E-state index < -0.39 is 0 Å². The zero-order valence-corrected chi connectivity index (χ0v) is 8.85. The number of H-pyrrole nitrogens is 1. The number of methoxy groups -OCH3 is 1. The molecule has 2 rings (SSSR count). The quantitative estimate of drug-likeness (QED) is 0.789. The fourth-order valence-corrected chi connectivity index (χ4v) is 1.63. The summed E-state index contributed by atoms with van der Waals surface area (Å²) < 4.78 is 9.17. The molecule has 1 N–H and O–H groups in total. The molecule has 0 saturated heterocycles. The summed E-state index contributed by atoms with van der Waals surface area (Å²) in [6.45, 7) is 0. The fourth-order valence-electron chi connectivity index (χ4n) is 0.916. The highest BCUT2D eigenvalue weighted by atomic mass is 32.1. The van der Waals surface area contributed by atoms with E-state index in [4.69, 9.17) is 17.0 Å². The Labute approximate surface area is 89.0 Å². The minimum absolute atomic E-state index is 0.254. The molecule has 0 spiro atoms. The van der Waals surface area contributed by atoms with Crippen LogP contribution < -0.4 is 4.74 Å². The first-order valence-corrected chi connectivity index (χ1v) is 4.91. The molecule has 7 heteroatoms. The van der Waals surface area contributed by atoms with E-state index in [9.17, 15) is 0 Å². The Balaban J connectivity index is 2.54. The summed E-state index contributed by atoms with van der Waals surface area (Å²) in [5.41, 5.74) is 0. The van der Waals surface area contributed by atoms with Crippen LogP contribution in [-0.4, -0.2) is 26.4 Å². The van der Waals surface area contributed by atoms with Crippen molar-refractivity contribution in [2.24, 2.45) is 0 Å². The van der Waals surface area contributed by atoms with Crippen molar-refractivity contribution in [1.82, 2.24) is 19.3 Å². The highest BCUT2D eigenvalue weighted by Gasteiger charge is 2.04. The largest absolute Gasteiger partial charge is 0.468 e. The second-order valence-corrected chi connectivity index (χ2v) is 3.56. The lowest BCUT2D eigenvalue weighted by Gasteiger charge is -2.00. The summed E-state index contributed by atoms with van der Waals surface area (Å²) in [5.74, 6) is 0.629. The summed E-state index contributed by atoms with van der Waals surface area (Å²) >= 11 is 6.22. The van der Waals surface area contributed by atoms with Crippen molar-refractivity contribution in [3.8, 4) is 16.7 Å². The minimum atomic E-state index is 0.254. The average molecular weight is 226 g/mol. The molecule has 2 aromatic heterocycles. The first-order chi connectivity index (χ1) is 6.79. The maximum absolute atomic E-state index is 4.94. The molecule has 5 nitrogen and oxygen atoms in total. The lowest BCUT2D eigenvalue weighted by Crippen LogP contribution is -1.96. The summed E-state index contributed by atoms with van der Waals surface area (Å²) in [6.07, 6.45) is 1.70. The van der Waals surface area contributed by atoms with Crippen molar-refractivity contribution >= 4 is 23.8 Å². The molecular formula is C7H6N4OS2. The number of aromatic amines is 1. The number of nitrogens with one attached hydrogen (secondary N) is 1. The van der Waals surface area contributed by atoms with Crippen LogP contribution in [0.5, 0.6) is 6.01 Å². The van der Waals surface area contributed by atoms with Gasteiger partial charge >= 0.3 is 0 Å². The van der Waals surface area contributed by atoms with Crippen LogP contribution in [0.1, 0.15) is 0 Å². The third-order valence-corrected chi connectivity index (χ3v) is 2.43. The van der Waals surface area contributed by atoms with Gasteiger partial charge in [-0.3, -0.25) is 4.98 Å². The summed E-state index contributed by atoms with van der Waals surface area (Å²) in [6, 6.07) is 2.20. The second kappa shape index (κ2) is 3.81. The predicted molar refractivity (Wildman–Crippen MR) is 54.9 cm³/mol. The van der Waals surface area contributed by atoms with Gasteiger partial charge in [-0.1, -0.05) is 0 Å². The molecular weight excluding hydrogens is 220 g/mol. The molecule has 0 bridgehead atoms. The summed E-state index contributed by atoms with van der Waals surface area (Å²) in [7, 11) is 1.52. The van der Waals surface area contributed by atoms with Gasteiger partial charge in [-0.15, -0.1) is 0 Å². The Bertz CT molecular complexity index is 479. The van der Waals surface area contributed by atoms with Gasteiger partial charge in [0.2, 0.25) is 4.77 Å². The van der Waals surface area contributed by atoms with Gasteiger partial charge < -0.3 is 4.74 Å². The number of hydrogen-bond acceptors (Lipinski definition) is 6. The van der Waals surface area contributed by atoms with Crippen LogP contribution in [0.2, 0.25) is 0 Å². The van der Waals surface area contributed by atoms with Gasteiger partial charge in [-0.25, -0.2) is 4.37 Å². The zero-order valence-electron chi connectivity index (χ0n) is 7.22. The third-order valence-electron chi connectivity index (χ3n) is 1.49. The fraction of sp³-hybridized carbons (Fsp3) is 0.143. The maximum atomic E-state index is 4.94. The Morgan fingerprint density at radius 1 is 1.50 bits per heavy atom. The topological polar surface area (TPSA) is 63.7 Å². The van der Waals surface area contributed by atoms with Gasteiger partial charge in [-0.05, 0) is 29.8 Å². The van der Waals surface area contributed by atoms with E-state index in [1.54, 1.807) is 6.20 Å². The first-order valence-electron chi connectivity index (χ1n) is 3.73. The van der Waals surface area contributed by atoms with Crippen molar-refractivity contribution in [3.05, 3.63) is 17.0 Å². The van der Waals surface area contributed by atoms with Crippen LogP contribution in [0, 0.1) is 4.77 Å². The molecule has 0 radical (unpaired) electrons. The summed E-state index contributed by atoms with van der Waals surface area (Å²) in [4.78, 5) is 11.7. The van der Waals surface area contributed by atoms with E-state index in [-0.39, 0.29) is 4.77 Å². The molecule has 2 aromatic rings. The van der Waals surface area contributed by atoms with Crippen LogP contribution in [-0.2, 0) is 0 Å². The van der Waals surface area contributed by atoms with Crippen LogP contribution in [0.4, 0.5) is 0 Å². The molecule has 0 atom stereocenters. The molecule has 14 heavy (non-hydrogen) atoms. The Morgan fingerprint density at radius 3 is 3.00 bits per heavy atom. The Hall–Kier alpha value is -1.34. The molecule has 0 saturated carbocycles. The van der Waals surface area contributed by atoms with Gasteiger partial charge in [0.15, 0.2) is 5.82 Å². The minimum Gasteiger partial charge on any atom is -0.468 e. The maximum Gasteiger partial charge on any atom is 0.297 e. The van der Waals surface area contributed by atoms with Gasteiger partial charge in [0, 0.05) is 6.20 Å². The molecule has 0 amide bonds. The molecule has 0 aliphatic carbocycles. The SMILES string of the molecule is COc1nc(=S)nc(-c2ccns2)[nH]1. The number of ether oxygens (including phenoxy) is 1. The van der Waals surface area contributed by atoms with Crippen LogP contribution in [0.3, 0.4) is 0 Å². The highest BCUT2D eigenvalue weighted by molar-refractivity contribution is 7.71. The number of aromatic nitrogens is 4. The van der Waals surface area contributed by atoms with Gasteiger partial charge in [0.1, 0.15) is 0 Å². The molecule has 0 fully saturated rings. The Kier molecular flexibility index (Phi) is 2.51. The summed E-state index contributed by atoms with van der Waals surface area (Å²) in [5, 5.41) is 0. The number of hydrogen-bond donors (Lipinski definition) is 1. The van der Waals surface area contributed by atoms with Gasteiger partial charge in [-0.2, -0.15) is 9.97 Å². The van der Waals surface area contributed by atoms with E-state index in [0.717, 1.165) is 4.88 Å². The van der Waals surface area contributed by atoms with Gasteiger partial charge in [0.25, 0.3) is 6.01 Å². The van der Waals surface area contributed by atoms with Crippen LogP contribution >= 0.6 is 23.8 Å². The Morgan fingerprint density at radius 2 is 2.36 bits per heavy atom. The molecule has 0 aliphatic heterocycles. The molecule has 0 unspecified atom stereocenters. The monoisotopic (exact) mass is 226 g/mol. The van der Waals surface area contributed by atoms with E-state index in [1.165, 1.54) is 18.6 Å². The lowest BCUT2D eigenvalue weighted by atomic mass is 10.5. The van der Waals surface area contributed by atoms with Crippen molar-refractivity contribution in [2.45, 2.75) is 0 Å². The van der Waals surface area contributed by atoms with Crippen molar-refractivity contribution in [2.75, 3.05) is 7.11 Å². The van der Waals surface area contributed by atoms with Crippen molar-refractivity contribution in [3.63, 3.8) is 0 Å². The van der Waals surface area contributed by atoms with E-state index in [0.29, 0.717) is 11.8 Å². The predicted octanol–water partition coefficient (Wildman–Crippen LogP) is 1.67. The van der Waals surface area contributed by atoms with Crippen molar-refractivity contribution < 1.29 is 4.74 Å². The van der Waals surface area contributed by atoms with Crippen molar-refractivity contribution in [1.29, 1.82) is 0 Å². The third kappa shape index (κ3) is 1.78. The standard InChI is InChI=1S/C7H6N4OS2/c1-12-6-9-5(10-7(13)11-6)4-2-3-8-14-4/h2-3H,1H3,(H,9,10,11,13). The molecule has 0 aromatic carbocycles. The molecule has 2 heterocycles. The van der Waals surface area contributed by atoms with Crippen LogP contribution in [0.25, 0.3) is 10.7 Å². The molecule has 72 valence electrons. The van der Waals surface area contributed by atoms with Crippen LogP contribution in [0.15, 0.2) is 12.3 Å². The molecule has 0 aliphatic rings. The highest BCUT2D eigenvalue weighted by Crippen LogP contribution is 2.19. The van der Waals surface area contributed by atoms with E-state index in [1.807, 2.05) is 6.07 Å². The van der Waals surface area contributed by atoms with E-state index >= 15 is 0 Å². The first kappa shape index (κ1) is 9.22. The van der Waals surface area contributed by atoms with E-state index in [2.05, 4.69) is 19.3 Å². The average Bonchev–Trinajstić information content (AvgIpc) is 2.69. The second-order valence-electron chi connectivity index (χ2n) is 2.37. The lowest BCUT2D eigenvalue weighted by molar-refractivity contribution is 0.378. The smallest absolute Gasteiger partial charge is 0.297 e. The zero-order chi connectivity index (χ0) is 9.97.